The van der Waals surface area contributed by atoms with Gasteiger partial charge < -0.3 is 11.1 Å². The number of aromatic nitrogens is 2. The highest BCUT2D eigenvalue weighted by atomic mass is 79.9. The van der Waals surface area contributed by atoms with Crippen molar-refractivity contribution in [2.75, 3.05) is 11.1 Å². The minimum absolute atomic E-state index is 0.487. The van der Waals surface area contributed by atoms with Crippen LogP contribution in [0, 0.1) is 0 Å². The Bertz CT molecular complexity index is 323. The monoisotopic (exact) mass is 256 g/mol. The van der Waals surface area contributed by atoms with Crippen molar-refractivity contribution in [1.29, 1.82) is 0 Å². The van der Waals surface area contributed by atoms with Crippen molar-refractivity contribution in [3.05, 3.63) is 10.7 Å². The van der Waals surface area contributed by atoms with Gasteiger partial charge in [-0.2, -0.15) is 4.98 Å². The molecule has 0 aliphatic heterocycles. The molecule has 0 spiro atoms. The normalized spacial score (nSPS) is 17.2. The van der Waals surface area contributed by atoms with Crippen LogP contribution in [-0.4, -0.2) is 16.0 Å². The number of nitrogens with two attached hydrogens (primary N) is 1. The summed E-state index contributed by atoms with van der Waals surface area (Å²) < 4.78 is 0.745. The molecule has 1 fully saturated rings. The molecular weight excluding hydrogens is 244 g/mol. The van der Waals surface area contributed by atoms with E-state index in [9.17, 15) is 0 Å². The molecule has 5 heteroatoms. The van der Waals surface area contributed by atoms with Crippen molar-refractivity contribution in [1.82, 2.24) is 9.97 Å². The van der Waals surface area contributed by atoms with Crippen molar-refractivity contribution >= 4 is 27.7 Å². The molecule has 0 saturated heterocycles. The van der Waals surface area contributed by atoms with E-state index in [1.807, 2.05) is 0 Å². The van der Waals surface area contributed by atoms with Gasteiger partial charge in [-0.25, -0.2) is 4.98 Å². The molecule has 1 aromatic heterocycles. The molecule has 2 rings (SSSR count). The summed E-state index contributed by atoms with van der Waals surface area (Å²) in [5.74, 6) is 1.12. The number of nitrogens with zero attached hydrogens (tertiary/aromatic N) is 2. The van der Waals surface area contributed by atoms with E-state index in [1.54, 1.807) is 6.20 Å². The molecule has 1 saturated carbocycles. The van der Waals surface area contributed by atoms with E-state index in [2.05, 4.69) is 31.2 Å². The highest BCUT2D eigenvalue weighted by Crippen LogP contribution is 2.22. The summed E-state index contributed by atoms with van der Waals surface area (Å²) >= 11 is 3.26. The fourth-order valence-corrected chi connectivity index (χ4v) is 1.89. The molecule has 1 aliphatic carbocycles. The molecule has 0 unspecified atom stereocenters. The topological polar surface area (TPSA) is 63.8 Å². The third-order valence-corrected chi connectivity index (χ3v) is 3.07. The van der Waals surface area contributed by atoms with Crippen molar-refractivity contribution in [2.24, 2.45) is 0 Å². The van der Waals surface area contributed by atoms with Crippen LogP contribution in [0.4, 0.5) is 11.8 Å². The van der Waals surface area contributed by atoms with Gasteiger partial charge in [0.25, 0.3) is 0 Å². The van der Waals surface area contributed by atoms with Gasteiger partial charge in [-0.15, -0.1) is 0 Å². The molecule has 0 aromatic carbocycles. The van der Waals surface area contributed by atoms with Crippen LogP contribution in [0.15, 0.2) is 10.7 Å². The van der Waals surface area contributed by atoms with Crippen LogP contribution < -0.4 is 11.1 Å². The second kappa shape index (κ2) is 4.13. The SMILES string of the molecule is Nc1nc(NC2CCCC2)ncc1Br. The maximum Gasteiger partial charge on any atom is 0.224 e. The van der Waals surface area contributed by atoms with Crippen LogP contribution in [-0.2, 0) is 0 Å². The highest BCUT2D eigenvalue weighted by Gasteiger charge is 2.15. The second-order valence-corrected chi connectivity index (χ2v) is 4.41. The van der Waals surface area contributed by atoms with Crippen molar-refractivity contribution in [3.63, 3.8) is 0 Å². The van der Waals surface area contributed by atoms with Gasteiger partial charge in [-0.05, 0) is 28.8 Å². The van der Waals surface area contributed by atoms with Gasteiger partial charge in [-0.3, -0.25) is 0 Å². The van der Waals surface area contributed by atoms with Crippen LogP contribution in [0.5, 0.6) is 0 Å². The number of rotatable bonds is 2. The van der Waals surface area contributed by atoms with Gasteiger partial charge in [0.05, 0.1) is 4.47 Å². The number of nitrogen functional groups attached to an aromatic ring is 1. The van der Waals surface area contributed by atoms with Gasteiger partial charge in [-0.1, -0.05) is 12.8 Å². The van der Waals surface area contributed by atoms with Crippen LogP contribution in [0.2, 0.25) is 0 Å². The smallest absolute Gasteiger partial charge is 0.224 e. The van der Waals surface area contributed by atoms with E-state index in [4.69, 9.17) is 5.73 Å². The summed E-state index contributed by atoms with van der Waals surface area (Å²) in [6.07, 6.45) is 6.69. The summed E-state index contributed by atoms with van der Waals surface area (Å²) in [6.45, 7) is 0. The summed E-state index contributed by atoms with van der Waals surface area (Å²) in [4.78, 5) is 8.30. The number of hydrogen-bond acceptors (Lipinski definition) is 4. The molecule has 14 heavy (non-hydrogen) atoms. The quantitative estimate of drug-likeness (QED) is 0.852. The largest absolute Gasteiger partial charge is 0.383 e. The molecular formula is C9H13BrN4. The molecule has 0 atom stereocenters. The minimum atomic E-state index is 0.487. The molecule has 1 aliphatic rings. The lowest BCUT2D eigenvalue weighted by atomic mass is 10.2. The molecule has 0 amide bonds. The number of anilines is 2. The highest BCUT2D eigenvalue weighted by molar-refractivity contribution is 9.10. The zero-order chi connectivity index (χ0) is 9.97. The van der Waals surface area contributed by atoms with Crippen molar-refractivity contribution < 1.29 is 0 Å². The minimum Gasteiger partial charge on any atom is -0.383 e. The Balaban J connectivity index is 2.05. The Morgan fingerprint density at radius 2 is 2.14 bits per heavy atom. The van der Waals surface area contributed by atoms with E-state index < -0.39 is 0 Å². The zero-order valence-electron chi connectivity index (χ0n) is 7.83. The summed E-state index contributed by atoms with van der Waals surface area (Å²) in [7, 11) is 0. The predicted octanol–water partition coefficient (Wildman–Crippen LogP) is 2.18. The Morgan fingerprint density at radius 3 is 2.79 bits per heavy atom. The standard InChI is InChI=1S/C9H13BrN4/c10-7-5-12-9(14-8(7)11)13-6-3-1-2-4-6/h5-6H,1-4H2,(H3,11,12,13,14). The van der Waals surface area contributed by atoms with E-state index in [0.717, 1.165) is 4.47 Å². The molecule has 0 radical (unpaired) electrons. The molecule has 3 N–H and O–H groups in total. The third-order valence-electron chi connectivity index (χ3n) is 2.46. The molecule has 1 heterocycles. The van der Waals surface area contributed by atoms with Crippen molar-refractivity contribution in [2.45, 2.75) is 31.7 Å². The van der Waals surface area contributed by atoms with Crippen LogP contribution >= 0.6 is 15.9 Å². The first-order valence-corrected chi connectivity index (χ1v) is 5.59. The average molecular weight is 257 g/mol. The lowest BCUT2D eigenvalue weighted by Gasteiger charge is -2.11. The van der Waals surface area contributed by atoms with Gasteiger partial charge >= 0.3 is 0 Å². The van der Waals surface area contributed by atoms with E-state index in [0.29, 0.717) is 17.8 Å². The molecule has 0 bridgehead atoms. The number of hydrogen-bond donors (Lipinski definition) is 2. The van der Waals surface area contributed by atoms with Gasteiger partial charge in [0.2, 0.25) is 5.95 Å². The van der Waals surface area contributed by atoms with E-state index in [1.165, 1.54) is 25.7 Å². The van der Waals surface area contributed by atoms with E-state index >= 15 is 0 Å². The Morgan fingerprint density at radius 1 is 1.43 bits per heavy atom. The Kier molecular flexibility index (Phi) is 2.86. The lowest BCUT2D eigenvalue weighted by molar-refractivity contribution is 0.744. The van der Waals surface area contributed by atoms with Crippen LogP contribution in [0.3, 0.4) is 0 Å². The fraction of sp³-hybridized carbons (Fsp3) is 0.556. The van der Waals surface area contributed by atoms with Gasteiger partial charge in [0.15, 0.2) is 0 Å². The molecule has 4 nitrogen and oxygen atoms in total. The van der Waals surface area contributed by atoms with Crippen molar-refractivity contribution in [3.8, 4) is 0 Å². The first-order valence-electron chi connectivity index (χ1n) is 4.80. The Hall–Kier alpha value is -0.840. The summed E-state index contributed by atoms with van der Waals surface area (Å²) in [5, 5.41) is 3.29. The van der Waals surface area contributed by atoms with Crippen LogP contribution in [0.1, 0.15) is 25.7 Å². The maximum absolute atomic E-state index is 5.66. The first-order chi connectivity index (χ1) is 6.75. The maximum atomic E-state index is 5.66. The van der Waals surface area contributed by atoms with Gasteiger partial charge in [0.1, 0.15) is 5.82 Å². The first kappa shape index (κ1) is 9.71. The summed E-state index contributed by atoms with van der Waals surface area (Å²) in [5.41, 5.74) is 5.66. The third kappa shape index (κ3) is 2.15. The fourth-order valence-electron chi connectivity index (χ4n) is 1.70. The summed E-state index contributed by atoms with van der Waals surface area (Å²) in [6, 6.07) is 0.524. The zero-order valence-corrected chi connectivity index (χ0v) is 9.42. The predicted molar refractivity (Wildman–Crippen MR) is 60.0 cm³/mol. The number of halogens is 1. The average Bonchev–Trinajstić information content (AvgIpc) is 2.64. The molecule has 1 aromatic rings. The second-order valence-electron chi connectivity index (χ2n) is 3.55. The molecule has 76 valence electrons. The van der Waals surface area contributed by atoms with Crippen LogP contribution in [0.25, 0.3) is 0 Å². The van der Waals surface area contributed by atoms with E-state index in [-0.39, 0.29) is 0 Å². The van der Waals surface area contributed by atoms with Gasteiger partial charge in [0, 0.05) is 12.2 Å². The lowest BCUT2D eigenvalue weighted by Crippen LogP contribution is -2.17. The number of nitrogens with one attached hydrogen (secondary N) is 1. The Labute approximate surface area is 91.4 Å².